The molecule has 158 valence electrons. The standard InChI is InChI=1S/C25H21F2NO3/c26-19-6-1-16(2-7-19)18(15-29)5-14-23-24(17-3-12-22(30)13-4-17)28(25(23)31)21-10-8-20(27)9-11-21/h1-13,23-24,29-30H,14-15H2/b18-5+/t23?,24-/m1/s1. The Balaban J connectivity index is 1.63. The van der Waals surface area contributed by atoms with Crippen LogP contribution >= 0.6 is 0 Å². The van der Waals surface area contributed by atoms with Crippen molar-refractivity contribution in [2.45, 2.75) is 12.5 Å². The summed E-state index contributed by atoms with van der Waals surface area (Å²) in [6.45, 7) is -0.238. The van der Waals surface area contributed by atoms with Crippen LogP contribution in [-0.2, 0) is 4.79 Å². The Kier molecular flexibility index (Phi) is 5.82. The second kappa shape index (κ2) is 8.70. The number of hydrogen-bond acceptors (Lipinski definition) is 3. The number of hydrogen-bond donors (Lipinski definition) is 2. The predicted molar refractivity (Wildman–Crippen MR) is 114 cm³/mol. The van der Waals surface area contributed by atoms with E-state index in [0.29, 0.717) is 23.2 Å². The molecule has 1 fully saturated rings. The van der Waals surface area contributed by atoms with E-state index in [1.54, 1.807) is 59.5 Å². The van der Waals surface area contributed by atoms with Crippen LogP contribution in [0.5, 0.6) is 5.75 Å². The minimum atomic E-state index is -0.392. The second-order valence-electron chi connectivity index (χ2n) is 7.46. The van der Waals surface area contributed by atoms with Crippen LogP contribution in [0.25, 0.3) is 5.57 Å². The minimum absolute atomic E-state index is 0.114. The Hall–Kier alpha value is -3.51. The molecule has 0 spiro atoms. The van der Waals surface area contributed by atoms with Gasteiger partial charge in [-0.1, -0.05) is 30.3 Å². The third kappa shape index (κ3) is 4.20. The first-order valence-electron chi connectivity index (χ1n) is 9.91. The summed E-state index contributed by atoms with van der Waals surface area (Å²) in [7, 11) is 0. The highest BCUT2D eigenvalue weighted by Crippen LogP contribution is 2.45. The molecule has 4 nitrogen and oxygen atoms in total. The number of phenols is 1. The fraction of sp³-hybridized carbons (Fsp3) is 0.160. The number of aliphatic hydroxyl groups excluding tert-OH is 1. The van der Waals surface area contributed by atoms with Gasteiger partial charge in [-0.2, -0.15) is 0 Å². The summed E-state index contributed by atoms with van der Waals surface area (Å²) in [6.07, 6.45) is 2.17. The Bertz CT molecular complexity index is 1090. The number of allylic oxidation sites excluding steroid dienone is 1. The van der Waals surface area contributed by atoms with Crippen LogP contribution in [0.3, 0.4) is 0 Å². The first kappa shape index (κ1) is 20.8. The van der Waals surface area contributed by atoms with Crippen LogP contribution in [0.2, 0.25) is 0 Å². The monoisotopic (exact) mass is 421 g/mol. The maximum atomic E-state index is 13.4. The predicted octanol–water partition coefficient (Wildman–Crippen LogP) is 4.84. The van der Waals surface area contributed by atoms with Crippen molar-refractivity contribution in [3.63, 3.8) is 0 Å². The van der Waals surface area contributed by atoms with Gasteiger partial charge < -0.3 is 15.1 Å². The lowest BCUT2D eigenvalue weighted by Crippen LogP contribution is -2.55. The summed E-state index contributed by atoms with van der Waals surface area (Å²) >= 11 is 0. The summed E-state index contributed by atoms with van der Waals surface area (Å²) in [5.41, 5.74) is 2.72. The number of amides is 1. The largest absolute Gasteiger partial charge is 0.508 e. The number of carbonyl (C=O) groups excluding carboxylic acids is 1. The number of anilines is 1. The van der Waals surface area contributed by atoms with Gasteiger partial charge in [0.25, 0.3) is 0 Å². The van der Waals surface area contributed by atoms with E-state index >= 15 is 0 Å². The summed E-state index contributed by atoms with van der Waals surface area (Å²) < 4.78 is 26.6. The highest BCUT2D eigenvalue weighted by Gasteiger charge is 2.48. The van der Waals surface area contributed by atoms with Crippen molar-refractivity contribution in [3.8, 4) is 5.75 Å². The lowest BCUT2D eigenvalue weighted by molar-refractivity contribution is -0.130. The van der Waals surface area contributed by atoms with Gasteiger partial charge in [0.05, 0.1) is 18.6 Å². The topological polar surface area (TPSA) is 60.8 Å². The number of benzene rings is 3. The number of aliphatic hydroxyl groups is 1. The maximum Gasteiger partial charge on any atom is 0.233 e. The molecule has 0 bridgehead atoms. The summed E-state index contributed by atoms with van der Waals surface area (Å²) in [6, 6.07) is 17.9. The van der Waals surface area contributed by atoms with Crippen LogP contribution in [0, 0.1) is 17.6 Å². The van der Waals surface area contributed by atoms with Crippen LogP contribution in [0.15, 0.2) is 78.9 Å². The molecule has 3 aromatic rings. The molecular weight excluding hydrogens is 400 g/mol. The Morgan fingerprint density at radius 2 is 1.48 bits per heavy atom. The first-order valence-corrected chi connectivity index (χ1v) is 9.91. The van der Waals surface area contributed by atoms with Gasteiger partial charge in [0.2, 0.25) is 5.91 Å². The van der Waals surface area contributed by atoms with Gasteiger partial charge >= 0.3 is 0 Å². The van der Waals surface area contributed by atoms with Gasteiger partial charge in [0.15, 0.2) is 0 Å². The van der Waals surface area contributed by atoms with Crippen LogP contribution < -0.4 is 4.90 Å². The lowest BCUT2D eigenvalue weighted by Gasteiger charge is -2.47. The molecule has 1 heterocycles. The average Bonchev–Trinajstić information content (AvgIpc) is 2.78. The van der Waals surface area contributed by atoms with Gasteiger partial charge in [-0.3, -0.25) is 4.79 Å². The van der Waals surface area contributed by atoms with E-state index in [-0.39, 0.29) is 35.9 Å². The van der Waals surface area contributed by atoms with E-state index in [0.717, 1.165) is 5.56 Å². The molecule has 0 aromatic heterocycles. The van der Waals surface area contributed by atoms with Crippen molar-refractivity contribution >= 4 is 17.2 Å². The van der Waals surface area contributed by atoms with E-state index in [2.05, 4.69) is 0 Å². The third-order valence-corrected chi connectivity index (χ3v) is 5.56. The fourth-order valence-electron chi connectivity index (χ4n) is 3.93. The molecular formula is C25H21F2NO3. The minimum Gasteiger partial charge on any atom is -0.508 e. The average molecular weight is 421 g/mol. The van der Waals surface area contributed by atoms with Crippen molar-refractivity contribution in [2.24, 2.45) is 5.92 Å². The summed E-state index contributed by atoms with van der Waals surface area (Å²) in [5, 5.41) is 19.4. The molecule has 1 aliphatic heterocycles. The van der Waals surface area contributed by atoms with Gasteiger partial charge in [0.1, 0.15) is 17.4 Å². The van der Waals surface area contributed by atoms with Crippen LogP contribution in [0.1, 0.15) is 23.6 Å². The van der Waals surface area contributed by atoms with Crippen molar-refractivity contribution in [2.75, 3.05) is 11.5 Å². The Morgan fingerprint density at radius 3 is 2.06 bits per heavy atom. The molecule has 1 unspecified atom stereocenters. The lowest BCUT2D eigenvalue weighted by atomic mass is 9.79. The number of β-lactam (4-membered cyclic amide) rings is 1. The molecule has 0 saturated carbocycles. The molecule has 6 heteroatoms. The number of carbonyl (C=O) groups is 1. The number of rotatable bonds is 6. The molecule has 0 radical (unpaired) electrons. The van der Waals surface area contributed by atoms with Crippen LogP contribution in [-0.4, -0.2) is 22.7 Å². The normalized spacial score (nSPS) is 18.7. The molecule has 1 amide bonds. The molecule has 3 aromatic carbocycles. The zero-order chi connectivity index (χ0) is 22.0. The Morgan fingerprint density at radius 1 is 0.903 bits per heavy atom. The highest BCUT2D eigenvalue weighted by molar-refractivity contribution is 6.03. The van der Waals surface area contributed by atoms with Crippen molar-refractivity contribution < 1.29 is 23.8 Å². The van der Waals surface area contributed by atoms with Crippen molar-refractivity contribution in [1.29, 1.82) is 0 Å². The first-order chi connectivity index (χ1) is 15.0. The molecule has 2 atom stereocenters. The zero-order valence-electron chi connectivity index (χ0n) is 16.6. The van der Waals surface area contributed by atoms with E-state index < -0.39 is 5.92 Å². The molecule has 1 saturated heterocycles. The van der Waals surface area contributed by atoms with Gasteiger partial charge in [-0.15, -0.1) is 0 Å². The van der Waals surface area contributed by atoms with Gasteiger partial charge in [-0.25, -0.2) is 8.78 Å². The number of aromatic hydroxyl groups is 1. The van der Waals surface area contributed by atoms with Crippen molar-refractivity contribution in [1.82, 2.24) is 0 Å². The summed E-state index contributed by atoms with van der Waals surface area (Å²) in [5.74, 6) is -1.13. The quantitative estimate of drug-likeness (QED) is 0.560. The molecule has 31 heavy (non-hydrogen) atoms. The second-order valence-corrected chi connectivity index (χ2v) is 7.46. The van der Waals surface area contributed by atoms with E-state index in [9.17, 15) is 23.8 Å². The van der Waals surface area contributed by atoms with E-state index in [4.69, 9.17) is 0 Å². The molecule has 1 aliphatic rings. The zero-order valence-corrected chi connectivity index (χ0v) is 16.6. The molecule has 4 rings (SSSR count). The fourth-order valence-corrected chi connectivity index (χ4v) is 3.93. The Labute approximate surface area is 178 Å². The van der Waals surface area contributed by atoms with Crippen molar-refractivity contribution in [3.05, 3.63) is 102 Å². The highest BCUT2D eigenvalue weighted by atomic mass is 19.1. The molecule has 2 N–H and O–H groups in total. The SMILES string of the molecule is O=C1C(C/C=C(\CO)c2ccc(F)cc2)[C@@H](c2ccc(O)cc2)N1c1ccc(F)cc1. The van der Waals surface area contributed by atoms with Gasteiger partial charge in [0, 0.05) is 5.69 Å². The third-order valence-electron chi connectivity index (χ3n) is 5.56. The van der Waals surface area contributed by atoms with E-state index in [1.165, 1.54) is 24.3 Å². The van der Waals surface area contributed by atoms with E-state index in [1.807, 2.05) is 0 Å². The van der Waals surface area contributed by atoms with Crippen LogP contribution in [0.4, 0.5) is 14.5 Å². The number of halogens is 2. The number of nitrogens with zero attached hydrogens (tertiary/aromatic N) is 1. The maximum absolute atomic E-state index is 13.4. The smallest absolute Gasteiger partial charge is 0.233 e. The number of phenolic OH excluding ortho intramolecular Hbond substituents is 1. The molecule has 0 aliphatic carbocycles. The summed E-state index contributed by atoms with van der Waals surface area (Å²) in [4.78, 5) is 14.6. The van der Waals surface area contributed by atoms with Gasteiger partial charge in [-0.05, 0) is 71.7 Å².